The van der Waals surface area contributed by atoms with E-state index in [1.54, 1.807) is 6.92 Å². The van der Waals surface area contributed by atoms with Crippen molar-refractivity contribution in [1.82, 2.24) is 0 Å². The Morgan fingerprint density at radius 3 is 3.08 bits per heavy atom. The molecule has 1 aromatic rings. The first kappa shape index (κ1) is 8.54. The lowest BCUT2D eigenvalue weighted by molar-refractivity contribution is 0.374. The minimum absolute atomic E-state index is 0.794. The van der Waals surface area contributed by atoms with Crippen LogP contribution in [-0.2, 0) is 6.42 Å². The summed E-state index contributed by atoms with van der Waals surface area (Å²) in [6, 6.07) is 5.83. The molecule has 1 heterocycles. The second kappa shape index (κ2) is 3.36. The third-order valence-electron chi connectivity index (χ3n) is 2.53. The van der Waals surface area contributed by atoms with Gasteiger partial charge in [0.1, 0.15) is 6.17 Å². The number of benzene rings is 1. The summed E-state index contributed by atoms with van der Waals surface area (Å²) in [7, 11) is 0. The molecule has 1 unspecified atom stereocenters. The van der Waals surface area contributed by atoms with Gasteiger partial charge >= 0.3 is 0 Å². The Morgan fingerprint density at radius 1 is 1.46 bits per heavy atom. The topological polar surface area (TPSA) is 12.0 Å². The summed E-state index contributed by atoms with van der Waals surface area (Å²) < 4.78 is 13.0. The molecule has 0 spiro atoms. The number of aryl methyl sites for hydroxylation is 1. The van der Waals surface area contributed by atoms with Crippen LogP contribution in [0.2, 0.25) is 0 Å². The highest BCUT2D eigenvalue weighted by Crippen LogP contribution is 2.26. The van der Waals surface area contributed by atoms with Crippen molar-refractivity contribution in [2.45, 2.75) is 25.9 Å². The van der Waals surface area contributed by atoms with Crippen molar-refractivity contribution >= 4 is 5.69 Å². The van der Waals surface area contributed by atoms with Gasteiger partial charge in [0.05, 0.1) is 0 Å². The van der Waals surface area contributed by atoms with E-state index in [4.69, 9.17) is 0 Å². The Labute approximate surface area is 78.0 Å². The van der Waals surface area contributed by atoms with Crippen molar-refractivity contribution in [3.63, 3.8) is 0 Å². The van der Waals surface area contributed by atoms with Crippen LogP contribution in [0.5, 0.6) is 0 Å². The number of hydrogen-bond acceptors (Lipinski definition) is 1. The maximum atomic E-state index is 13.0. The van der Waals surface area contributed by atoms with Gasteiger partial charge in [-0.1, -0.05) is 12.1 Å². The number of alkyl halides is 1. The third-order valence-corrected chi connectivity index (χ3v) is 2.53. The van der Waals surface area contributed by atoms with Gasteiger partial charge in [0.25, 0.3) is 0 Å². The summed E-state index contributed by atoms with van der Waals surface area (Å²) >= 11 is 0. The molecule has 0 aliphatic carbocycles. The van der Waals surface area contributed by atoms with Crippen molar-refractivity contribution in [2.24, 2.45) is 0 Å². The molecule has 13 heavy (non-hydrogen) atoms. The number of rotatable bonds is 1. The predicted molar refractivity (Wildman–Crippen MR) is 52.8 cm³/mol. The maximum Gasteiger partial charge on any atom is 0.122 e. The van der Waals surface area contributed by atoms with Crippen LogP contribution in [-0.4, -0.2) is 6.54 Å². The second-order valence-electron chi connectivity index (χ2n) is 3.56. The fourth-order valence-corrected chi connectivity index (χ4v) is 1.74. The van der Waals surface area contributed by atoms with Crippen LogP contribution < -0.4 is 5.32 Å². The van der Waals surface area contributed by atoms with Crippen LogP contribution in [0, 0.1) is 0 Å². The molecule has 1 atom stereocenters. The van der Waals surface area contributed by atoms with Crippen molar-refractivity contribution in [3.05, 3.63) is 29.3 Å². The van der Waals surface area contributed by atoms with Crippen LogP contribution in [0.25, 0.3) is 0 Å². The molecule has 1 N–H and O–H groups in total. The Balaban J connectivity index is 2.35. The molecule has 0 aromatic heterocycles. The van der Waals surface area contributed by atoms with Gasteiger partial charge in [-0.3, -0.25) is 0 Å². The van der Waals surface area contributed by atoms with Crippen LogP contribution in [0.1, 0.15) is 30.6 Å². The van der Waals surface area contributed by atoms with Crippen LogP contribution in [0.4, 0.5) is 10.1 Å². The highest BCUT2D eigenvalue weighted by molar-refractivity contribution is 5.54. The summed E-state index contributed by atoms with van der Waals surface area (Å²) in [5.74, 6) is 0. The molecule has 1 aliphatic rings. The summed E-state index contributed by atoms with van der Waals surface area (Å²) in [6.07, 6.45) is 1.37. The Morgan fingerprint density at radius 2 is 2.31 bits per heavy atom. The largest absolute Gasteiger partial charge is 0.385 e. The highest BCUT2D eigenvalue weighted by Gasteiger charge is 2.10. The standard InChI is InChI=1S/C11H14FN/c1-8(12)9-4-5-11-10(7-9)3-2-6-13-11/h4-5,7-8,13H,2-3,6H2,1H3. The lowest BCUT2D eigenvalue weighted by Crippen LogP contribution is -2.11. The van der Waals surface area contributed by atoms with Crippen LogP contribution in [0.3, 0.4) is 0 Å². The third kappa shape index (κ3) is 1.67. The van der Waals surface area contributed by atoms with Gasteiger partial charge in [0.15, 0.2) is 0 Å². The van der Waals surface area contributed by atoms with Gasteiger partial charge in [-0.25, -0.2) is 4.39 Å². The van der Waals surface area contributed by atoms with E-state index in [1.807, 2.05) is 18.2 Å². The molecule has 2 heteroatoms. The van der Waals surface area contributed by atoms with E-state index in [-0.39, 0.29) is 0 Å². The second-order valence-corrected chi connectivity index (χ2v) is 3.56. The van der Waals surface area contributed by atoms with Gasteiger partial charge < -0.3 is 5.32 Å². The van der Waals surface area contributed by atoms with Crippen molar-refractivity contribution < 1.29 is 4.39 Å². The quantitative estimate of drug-likeness (QED) is 0.698. The first-order chi connectivity index (χ1) is 6.27. The van der Waals surface area contributed by atoms with E-state index in [0.717, 1.165) is 24.9 Å². The lowest BCUT2D eigenvalue weighted by atomic mass is 9.99. The lowest BCUT2D eigenvalue weighted by Gasteiger charge is -2.18. The van der Waals surface area contributed by atoms with Gasteiger partial charge in [0, 0.05) is 12.2 Å². The summed E-state index contributed by atoms with van der Waals surface area (Å²) in [6.45, 7) is 2.62. The van der Waals surface area contributed by atoms with Gasteiger partial charge in [0.2, 0.25) is 0 Å². The SMILES string of the molecule is CC(F)c1ccc2c(c1)CCCN2. The summed E-state index contributed by atoms with van der Waals surface area (Å²) in [5, 5.41) is 3.31. The van der Waals surface area contributed by atoms with E-state index >= 15 is 0 Å². The average Bonchev–Trinajstić information content (AvgIpc) is 2.17. The molecule has 1 nitrogen and oxygen atoms in total. The molecule has 0 bridgehead atoms. The van der Waals surface area contributed by atoms with Crippen LogP contribution >= 0.6 is 0 Å². The summed E-state index contributed by atoms with van der Waals surface area (Å²) in [4.78, 5) is 0. The molecule has 0 radical (unpaired) electrons. The Hall–Kier alpha value is -1.05. The molecule has 1 aromatic carbocycles. The average molecular weight is 179 g/mol. The van der Waals surface area contributed by atoms with Gasteiger partial charge in [-0.15, -0.1) is 0 Å². The Bertz CT molecular complexity index is 307. The molecule has 0 fully saturated rings. The normalized spacial score (nSPS) is 17.4. The van der Waals surface area contributed by atoms with Crippen molar-refractivity contribution in [3.8, 4) is 0 Å². The number of nitrogens with one attached hydrogen (secondary N) is 1. The number of halogens is 1. The smallest absolute Gasteiger partial charge is 0.122 e. The Kier molecular flexibility index (Phi) is 2.21. The first-order valence-electron chi connectivity index (χ1n) is 4.78. The van der Waals surface area contributed by atoms with Crippen molar-refractivity contribution in [1.29, 1.82) is 0 Å². The minimum atomic E-state index is -0.854. The zero-order chi connectivity index (χ0) is 9.26. The van der Waals surface area contributed by atoms with E-state index in [0.29, 0.717) is 0 Å². The monoisotopic (exact) mass is 179 g/mol. The van der Waals surface area contributed by atoms with E-state index < -0.39 is 6.17 Å². The molecule has 70 valence electrons. The van der Waals surface area contributed by atoms with E-state index in [9.17, 15) is 4.39 Å². The minimum Gasteiger partial charge on any atom is -0.385 e. The van der Waals surface area contributed by atoms with Crippen molar-refractivity contribution in [2.75, 3.05) is 11.9 Å². The fraction of sp³-hybridized carbons (Fsp3) is 0.455. The number of fused-ring (bicyclic) bond motifs is 1. The maximum absolute atomic E-state index is 13.0. The van der Waals surface area contributed by atoms with E-state index in [1.165, 1.54) is 11.3 Å². The predicted octanol–water partition coefficient (Wildman–Crippen LogP) is 3.08. The molecular formula is C11H14FN. The fourth-order valence-electron chi connectivity index (χ4n) is 1.74. The van der Waals surface area contributed by atoms with Gasteiger partial charge in [-0.05, 0) is 37.0 Å². The summed E-state index contributed by atoms with van der Waals surface area (Å²) in [5.41, 5.74) is 3.23. The molecule has 2 rings (SSSR count). The molecule has 1 aliphatic heterocycles. The molecule has 0 saturated heterocycles. The first-order valence-corrected chi connectivity index (χ1v) is 4.78. The number of hydrogen-bond donors (Lipinski definition) is 1. The van der Waals surface area contributed by atoms with E-state index in [2.05, 4.69) is 5.32 Å². The zero-order valence-corrected chi connectivity index (χ0v) is 7.81. The molecular weight excluding hydrogens is 165 g/mol. The van der Waals surface area contributed by atoms with Crippen LogP contribution in [0.15, 0.2) is 18.2 Å². The zero-order valence-electron chi connectivity index (χ0n) is 7.81. The number of anilines is 1. The molecule has 0 amide bonds. The van der Waals surface area contributed by atoms with Gasteiger partial charge in [-0.2, -0.15) is 0 Å². The molecule has 0 saturated carbocycles. The highest BCUT2D eigenvalue weighted by atomic mass is 19.1.